The molecule has 0 amide bonds. The Morgan fingerprint density at radius 1 is 1.21 bits per heavy atom. The second-order valence-electron chi connectivity index (χ2n) is 3.09. The fourth-order valence-electron chi connectivity index (χ4n) is 1.15. The maximum atomic E-state index is 12.8. The Morgan fingerprint density at radius 3 is 2.14 bits per heavy atom. The summed E-state index contributed by atoms with van der Waals surface area (Å²) in [4.78, 5) is 0. The highest BCUT2D eigenvalue weighted by atomic mass is 19.1. The van der Waals surface area contributed by atoms with E-state index in [9.17, 15) is 13.9 Å². The molecule has 2 atom stereocenters. The lowest BCUT2D eigenvalue weighted by Crippen LogP contribution is -2.17. The van der Waals surface area contributed by atoms with Crippen molar-refractivity contribution in [2.75, 3.05) is 7.11 Å². The largest absolute Gasteiger partial charge is 0.386 e. The minimum Gasteiger partial charge on any atom is -0.386 e. The zero-order valence-corrected chi connectivity index (χ0v) is 8.00. The average Bonchev–Trinajstić information content (AvgIpc) is 2.14. The van der Waals surface area contributed by atoms with Gasteiger partial charge in [0.15, 0.2) is 0 Å². The summed E-state index contributed by atoms with van der Waals surface area (Å²) in [7, 11) is 1.42. The van der Waals surface area contributed by atoms with E-state index in [1.54, 1.807) is 6.92 Å². The van der Waals surface area contributed by atoms with Crippen LogP contribution in [0.15, 0.2) is 18.2 Å². The molecule has 0 spiro atoms. The molecule has 0 bridgehead atoms. The van der Waals surface area contributed by atoms with E-state index in [1.165, 1.54) is 7.11 Å². The summed E-state index contributed by atoms with van der Waals surface area (Å²) in [6.45, 7) is 1.62. The Hall–Kier alpha value is -1.00. The fraction of sp³-hybridized carbons (Fsp3) is 0.400. The van der Waals surface area contributed by atoms with E-state index in [0.29, 0.717) is 0 Å². The second-order valence-corrected chi connectivity index (χ2v) is 3.09. The summed E-state index contributed by atoms with van der Waals surface area (Å²) in [5.41, 5.74) is 0.178. The molecule has 1 rings (SSSR count). The van der Waals surface area contributed by atoms with E-state index in [1.807, 2.05) is 0 Å². The number of hydrogen-bond acceptors (Lipinski definition) is 2. The van der Waals surface area contributed by atoms with Crippen LogP contribution in [0.5, 0.6) is 0 Å². The van der Waals surface area contributed by atoms with Gasteiger partial charge in [0.05, 0.1) is 6.10 Å². The first kappa shape index (κ1) is 11.1. The molecule has 0 heterocycles. The van der Waals surface area contributed by atoms with Crippen LogP contribution in [0.1, 0.15) is 18.6 Å². The van der Waals surface area contributed by atoms with Gasteiger partial charge in [-0.25, -0.2) is 8.78 Å². The Kier molecular flexibility index (Phi) is 3.55. The van der Waals surface area contributed by atoms with Crippen LogP contribution in [-0.4, -0.2) is 18.3 Å². The molecule has 1 N–H and O–H groups in total. The van der Waals surface area contributed by atoms with E-state index in [-0.39, 0.29) is 5.56 Å². The standard InChI is InChI=1S/C10H12F2O2/c1-6(14-2)10(13)7-3-8(11)5-9(12)4-7/h3-6,10,13H,1-2H3. The predicted octanol–water partition coefficient (Wildman–Crippen LogP) is 2.03. The molecule has 14 heavy (non-hydrogen) atoms. The molecular weight excluding hydrogens is 190 g/mol. The van der Waals surface area contributed by atoms with Crippen LogP contribution < -0.4 is 0 Å². The van der Waals surface area contributed by atoms with Crippen molar-refractivity contribution in [3.63, 3.8) is 0 Å². The molecule has 0 aliphatic heterocycles. The number of benzene rings is 1. The van der Waals surface area contributed by atoms with Crippen molar-refractivity contribution in [3.05, 3.63) is 35.4 Å². The molecule has 0 saturated carbocycles. The Labute approximate surface area is 81.1 Å². The molecule has 2 nitrogen and oxygen atoms in total. The first-order valence-electron chi connectivity index (χ1n) is 4.21. The highest BCUT2D eigenvalue weighted by Crippen LogP contribution is 2.20. The van der Waals surface area contributed by atoms with Gasteiger partial charge < -0.3 is 9.84 Å². The van der Waals surface area contributed by atoms with Gasteiger partial charge in [-0.1, -0.05) is 0 Å². The van der Waals surface area contributed by atoms with Crippen molar-refractivity contribution < 1.29 is 18.6 Å². The van der Waals surface area contributed by atoms with Gasteiger partial charge in [-0.15, -0.1) is 0 Å². The molecule has 0 aliphatic rings. The third-order valence-electron chi connectivity index (χ3n) is 2.04. The molecule has 2 unspecified atom stereocenters. The summed E-state index contributed by atoms with van der Waals surface area (Å²) in [6, 6.07) is 2.93. The van der Waals surface area contributed by atoms with Crippen molar-refractivity contribution in [2.24, 2.45) is 0 Å². The van der Waals surface area contributed by atoms with E-state index >= 15 is 0 Å². The van der Waals surface area contributed by atoms with E-state index in [4.69, 9.17) is 4.74 Å². The minimum atomic E-state index is -1.02. The fourth-order valence-corrected chi connectivity index (χ4v) is 1.15. The molecule has 4 heteroatoms. The zero-order valence-electron chi connectivity index (χ0n) is 8.00. The molecule has 0 aliphatic carbocycles. The summed E-state index contributed by atoms with van der Waals surface area (Å²) in [5, 5.41) is 9.58. The first-order valence-corrected chi connectivity index (χ1v) is 4.21. The van der Waals surface area contributed by atoms with Gasteiger partial charge in [0.25, 0.3) is 0 Å². The van der Waals surface area contributed by atoms with Crippen LogP contribution in [0, 0.1) is 11.6 Å². The maximum Gasteiger partial charge on any atom is 0.126 e. The SMILES string of the molecule is COC(C)C(O)c1cc(F)cc(F)c1. The lowest BCUT2D eigenvalue weighted by molar-refractivity contribution is -0.00169. The first-order chi connectivity index (χ1) is 6.54. The van der Waals surface area contributed by atoms with Gasteiger partial charge in [0.1, 0.15) is 17.7 Å². The third-order valence-corrected chi connectivity index (χ3v) is 2.04. The summed E-state index contributed by atoms with van der Waals surface area (Å²) < 4.78 is 30.4. The van der Waals surface area contributed by atoms with Gasteiger partial charge in [0.2, 0.25) is 0 Å². The minimum absolute atomic E-state index is 0.178. The number of hydrogen-bond donors (Lipinski definition) is 1. The second kappa shape index (κ2) is 4.48. The number of rotatable bonds is 3. The molecular formula is C10H12F2O2. The van der Waals surface area contributed by atoms with Crippen molar-refractivity contribution >= 4 is 0 Å². The predicted molar refractivity (Wildman–Crippen MR) is 47.8 cm³/mol. The summed E-state index contributed by atoms with van der Waals surface area (Å²) in [6.07, 6.45) is -1.53. The van der Waals surface area contributed by atoms with Crippen molar-refractivity contribution in [1.29, 1.82) is 0 Å². The number of aliphatic hydroxyl groups excluding tert-OH is 1. The van der Waals surface area contributed by atoms with Gasteiger partial charge in [0, 0.05) is 13.2 Å². The molecule has 0 fully saturated rings. The van der Waals surface area contributed by atoms with Crippen LogP contribution in [0.3, 0.4) is 0 Å². The van der Waals surface area contributed by atoms with Crippen molar-refractivity contribution in [3.8, 4) is 0 Å². The molecule has 1 aromatic rings. The monoisotopic (exact) mass is 202 g/mol. The highest BCUT2D eigenvalue weighted by molar-refractivity contribution is 5.20. The number of halogens is 2. The van der Waals surface area contributed by atoms with E-state index in [0.717, 1.165) is 18.2 Å². The number of ether oxygens (including phenoxy) is 1. The normalized spacial score (nSPS) is 15.2. The van der Waals surface area contributed by atoms with Crippen LogP contribution in [0.2, 0.25) is 0 Å². The maximum absolute atomic E-state index is 12.8. The number of methoxy groups -OCH3 is 1. The van der Waals surface area contributed by atoms with E-state index in [2.05, 4.69) is 0 Å². The molecule has 0 radical (unpaired) electrons. The highest BCUT2D eigenvalue weighted by Gasteiger charge is 2.17. The topological polar surface area (TPSA) is 29.5 Å². The van der Waals surface area contributed by atoms with Gasteiger partial charge >= 0.3 is 0 Å². The Bertz CT molecular complexity index is 295. The van der Waals surface area contributed by atoms with Gasteiger partial charge in [-0.05, 0) is 24.6 Å². The van der Waals surface area contributed by atoms with Crippen molar-refractivity contribution in [1.82, 2.24) is 0 Å². The molecule has 0 saturated heterocycles. The Morgan fingerprint density at radius 2 is 1.71 bits per heavy atom. The summed E-state index contributed by atoms with van der Waals surface area (Å²) >= 11 is 0. The molecule has 1 aromatic carbocycles. The van der Waals surface area contributed by atoms with Crippen LogP contribution in [-0.2, 0) is 4.74 Å². The lowest BCUT2D eigenvalue weighted by atomic mass is 10.1. The zero-order chi connectivity index (χ0) is 10.7. The third kappa shape index (κ3) is 2.49. The van der Waals surface area contributed by atoms with Crippen LogP contribution >= 0.6 is 0 Å². The lowest BCUT2D eigenvalue weighted by Gasteiger charge is -2.17. The quantitative estimate of drug-likeness (QED) is 0.812. The van der Waals surface area contributed by atoms with Crippen molar-refractivity contribution in [2.45, 2.75) is 19.1 Å². The molecule has 0 aromatic heterocycles. The number of aliphatic hydroxyl groups is 1. The van der Waals surface area contributed by atoms with E-state index < -0.39 is 23.8 Å². The Balaban J connectivity index is 2.94. The van der Waals surface area contributed by atoms with Crippen LogP contribution in [0.25, 0.3) is 0 Å². The van der Waals surface area contributed by atoms with Gasteiger partial charge in [-0.3, -0.25) is 0 Å². The van der Waals surface area contributed by atoms with Gasteiger partial charge in [-0.2, -0.15) is 0 Å². The smallest absolute Gasteiger partial charge is 0.126 e. The summed E-state index contributed by atoms with van der Waals surface area (Å²) in [5.74, 6) is -1.41. The molecule has 78 valence electrons. The van der Waals surface area contributed by atoms with Crippen LogP contribution in [0.4, 0.5) is 8.78 Å². The average molecular weight is 202 g/mol.